The van der Waals surface area contributed by atoms with Gasteiger partial charge < -0.3 is 4.90 Å². The van der Waals surface area contributed by atoms with Crippen LogP contribution in [0.1, 0.15) is 42.4 Å². The first kappa shape index (κ1) is 13.4. The van der Waals surface area contributed by atoms with Crippen molar-refractivity contribution in [1.29, 1.82) is 0 Å². The fourth-order valence-corrected chi connectivity index (χ4v) is 2.94. The van der Waals surface area contributed by atoms with E-state index in [4.69, 9.17) is 11.6 Å². The number of halogens is 1. The summed E-state index contributed by atoms with van der Waals surface area (Å²) in [5.74, 6) is 0.0939. The first-order valence-corrected chi connectivity index (χ1v) is 7.54. The summed E-state index contributed by atoms with van der Waals surface area (Å²) in [5, 5.41) is 0.641. The van der Waals surface area contributed by atoms with Gasteiger partial charge in [-0.05, 0) is 31.7 Å². The molecule has 2 aromatic rings. The van der Waals surface area contributed by atoms with Crippen molar-refractivity contribution >= 4 is 23.2 Å². The van der Waals surface area contributed by atoms with Crippen LogP contribution in [0, 0.1) is 0 Å². The molecule has 0 aromatic carbocycles. The Morgan fingerprint density at radius 1 is 1.35 bits per heavy atom. The van der Waals surface area contributed by atoms with Gasteiger partial charge >= 0.3 is 0 Å². The van der Waals surface area contributed by atoms with Gasteiger partial charge in [0.2, 0.25) is 0 Å². The molecule has 106 valence electrons. The lowest BCUT2D eigenvalue weighted by Gasteiger charge is -2.26. The van der Waals surface area contributed by atoms with Crippen LogP contribution in [0.25, 0.3) is 5.65 Å². The minimum absolute atomic E-state index is 0.0939. The molecule has 1 amide bonds. The van der Waals surface area contributed by atoms with E-state index in [1.54, 1.807) is 12.1 Å². The number of amides is 1. The molecule has 3 rings (SSSR count). The summed E-state index contributed by atoms with van der Waals surface area (Å²) in [7, 11) is 0. The van der Waals surface area contributed by atoms with Gasteiger partial charge in [0, 0.05) is 30.4 Å². The number of imidazole rings is 1. The molecular weight excluding hydrogens is 274 g/mol. The molecule has 0 spiro atoms. The molecule has 1 aliphatic rings. The number of aromatic nitrogens is 2. The van der Waals surface area contributed by atoms with Gasteiger partial charge in [-0.2, -0.15) is 0 Å². The molecule has 1 fully saturated rings. The summed E-state index contributed by atoms with van der Waals surface area (Å²) in [6, 6.07) is 3.59. The summed E-state index contributed by atoms with van der Waals surface area (Å²) in [4.78, 5) is 19.3. The van der Waals surface area contributed by atoms with Gasteiger partial charge in [0.1, 0.15) is 11.3 Å². The molecule has 1 aliphatic heterocycles. The number of rotatable bonds is 2. The van der Waals surface area contributed by atoms with Crippen molar-refractivity contribution < 1.29 is 4.79 Å². The number of fused-ring (bicyclic) bond motifs is 1. The Labute approximate surface area is 123 Å². The van der Waals surface area contributed by atoms with Crippen LogP contribution in [0.2, 0.25) is 5.02 Å². The van der Waals surface area contributed by atoms with Crippen molar-refractivity contribution in [1.82, 2.24) is 14.3 Å². The normalized spacial score (nSPS) is 15.8. The molecule has 0 aliphatic carbocycles. The maximum Gasteiger partial charge on any atom is 0.272 e. The van der Waals surface area contributed by atoms with Crippen LogP contribution in [-0.4, -0.2) is 33.3 Å². The Morgan fingerprint density at radius 2 is 2.10 bits per heavy atom. The second-order valence-electron chi connectivity index (χ2n) is 5.19. The van der Waals surface area contributed by atoms with Crippen LogP contribution in [-0.2, 0) is 6.42 Å². The van der Waals surface area contributed by atoms with E-state index >= 15 is 0 Å². The molecule has 0 atom stereocenters. The minimum atomic E-state index is 0.0939. The van der Waals surface area contributed by atoms with Crippen molar-refractivity contribution in [2.45, 2.75) is 32.6 Å². The highest BCUT2D eigenvalue weighted by atomic mass is 35.5. The van der Waals surface area contributed by atoms with Crippen LogP contribution in [0.15, 0.2) is 18.3 Å². The van der Waals surface area contributed by atoms with Gasteiger partial charge in [0.25, 0.3) is 5.91 Å². The van der Waals surface area contributed by atoms with Crippen LogP contribution >= 0.6 is 11.6 Å². The second kappa shape index (κ2) is 5.44. The maximum atomic E-state index is 12.8. The number of hydrogen-bond acceptors (Lipinski definition) is 2. The molecule has 1 saturated heterocycles. The van der Waals surface area contributed by atoms with Gasteiger partial charge in [-0.25, -0.2) is 4.98 Å². The van der Waals surface area contributed by atoms with E-state index in [1.165, 1.54) is 6.42 Å². The lowest BCUT2D eigenvalue weighted by atomic mass is 10.1. The number of pyridine rings is 1. The molecule has 0 bridgehead atoms. The van der Waals surface area contributed by atoms with Crippen molar-refractivity contribution in [3.05, 3.63) is 34.7 Å². The van der Waals surface area contributed by atoms with E-state index in [-0.39, 0.29) is 5.91 Å². The average Bonchev–Trinajstić information content (AvgIpc) is 2.84. The number of hydrogen-bond donors (Lipinski definition) is 0. The Balaban J connectivity index is 2.06. The molecular formula is C15H18ClN3O. The fraction of sp³-hybridized carbons (Fsp3) is 0.467. The third-order valence-electron chi connectivity index (χ3n) is 3.84. The second-order valence-corrected chi connectivity index (χ2v) is 5.62. The molecule has 20 heavy (non-hydrogen) atoms. The molecule has 3 heterocycles. The van der Waals surface area contributed by atoms with Crippen LogP contribution in [0.5, 0.6) is 0 Å². The Hall–Kier alpha value is -1.55. The number of carbonyl (C=O) groups is 1. The number of nitrogens with zero attached hydrogens (tertiary/aromatic N) is 3. The van der Waals surface area contributed by atoms with Gasteiger partial charge in [-0.1, -0.05) is 18.5 Å². The predicted octanol–water partition coefficient (Wildman–Crippen LogP) is 3.18. The SMILES string of the molecule is CCc1nc2cc(Cl)ccn2c1C(=O)N1CCCCC1. The number of piperidine rings is 1. The first-order chi connectivity index (χ1) is 9.70. The Bertz CT molecular complexity index is 644. The largest absolute Gasteiger partial charge is 0.337 e. The summed E-state index contributed by atoms with van der Waals surface area (Å²) < 4.78 is 1.86. The monoisotopic (exact) mass is 291 g/mol. The summed E-state index contributed by atoms with van der Waals surface area (Å²) in [5.41, 5.74) is 2.29. The van der Waals surface area contributed by atoms with Gasteiger partial charge in [0.15, 0.2) is 0 Å². The topological polar surface area (TPSA) is 37.6 Å². The summed E-state index contributed by atoms with van der Waals surface area (Å²) >= 11 is 6.00. The predicted molar refractivity (Wildman–Crippen MR) is 79.3 cm³/mol. The van der Waals surface area contributed by atoms with E-state index in [9.17, 15) is 4.79 Å². The smallest absolute Gasteiger partial charge is 0.272 e. The van der Waals surface area contributed by atoms with Crippen LogP contribution < -0.4 is 0 Å². The van der Waals surface area contributed by atoms with Crippen molar-refractivity contribution in [3.63, 3.8) is 0 Å². The Kier molecular flexibility index (Phi) is 3.66. The van der Waals surface area contributed by atoms with Crippen molar-refractivity contribution in [3.8, 4) is 0 Å². The molecule has 0 N–H and O–H groups in total. The highest BCUT2D eigenvalue weighted by Crippen LogP contribution is 2.20. The highest BCUT2D eigenvalue weighted by molar-refractivity contribution is 6.30. The van der Waals surface area contributed by atoms with E-state index in [0.717, 1.165) is 43.7 Å². The molecule has 4 nitrogen and oxygen atoms in total. The fourth-order valence-electron chi connectivity index (χ4n) is 2.79. The lowest BCUT2D eigenvalue weighted by molar-refractivity contribution is 0.0716. The third-order valence-corrected chi connectivity index (χ3v) is 4.08. The molecule has 0 saturated carbocycles. The van der Waals surface area contributed by atoms with E-state index < -0.39 is 0 Å². The Morgan fingerprint density at radius 3 is 2.80 bits per heavy atom. The van der Waals surface area contributed by atoms with E-state index in [1.807, 2.05) is 22.4 Å². The minimum Gasteiger partial charge on any atom is -0.337 e. The first-order valence-electron chi connectivity index (χ1n) is 7.16. The zero-order valence-corrected chi connectivity index (χ0v) is 12.4. The molecule has 0 unspecified atom stereocenters. The zero-order chi connectivity index (χ0) is 14.1. The van der Waals surface area contributed by atoms with E-state index in [2.05, 4.69) is 4.98 Å². The van der Waals surface area contributed by atoms with Crippen LogP contribution in [0.4, 0.5) is 0 Å². The highest BCUT2D eigenvalue weighted by Gasteiger charge is 2.24. The lowest BCUT2D eigenvalue weighted by Crippen LogP contribution is -2.36. The quantitative estimate of drug-likeness (QED) is 0.852. The third kappa shape index (κ3) is 2.29. The number of carbonyl (C=O) groups excluding carboxylic acids is 1. The van der Waals surface area contributed by atoms with Crippen molar-refractivity contribution in [2.75, 3.05) is 13.1 Å². The summed E-state index contributed by atoms with van der Waals surface area (Å²) in [6.45, 7) is 3.72. The van der Waals surface area contributed by atoms with E-state index in [0.29, 0.717) is 10.7 Å². The average molecular weight is 292 g/mol. The maximum absolute atomic E-state index is 12.8. The molecule has 2 aromatic heterocycles. The molecule has 0 radical (unpaired) electrons. The number of likely N-dealkylation sites (tertiary alicyclic amines) is 1. The summed E-state index contributed by atoms with van der Waals surface area (Å²) in [6.07, 6.45) is 5.98. The standard InChI is InChI=1S/C15H18ClN3O/c1-2-12-14(15(20)18-7-4-3-5-8-18)19-9-6-11(16)10-13(19)17-12/h6,9-10H,2-5,7-8H2,1H3. The van der Waals surface area contributed by atoms with Gasteiger partial charge in [0.05, 0.1) is 5.69 Å². The van der Waals surface area contributed by atoms with Crippen LogP contribution in [0.3, 0.4) is 0 Å². The zero-order valence-electron chi connectivity index (χ0n) is 11.6. The van der Waals surface area contributed by atoms with Crippen molar-refractivity contribution in [2.24, 2.45) is 0 Å². The van der Waals surface area contributed by atoms with Gasteiger partial charge in [-0.15, -0.1) is 0 Å². The number of aryl methyl sites for hydroxylation is 1. The van der Waals surface area contributed by atoms with Gasteiger partial charge in [-0.3, -0.25) is 9.20 Å². The molecule has 5 heteroatoms.